The van der Waals surface area contributed by atoms with Crippen LogP contribution in [0.1, 0.15) is 17.4 Å². The summed E-state index contributed by atoms with van der Waals surface area (Å²) in [5.74, 6) is 0.234. The van der Waals surface area contributed by atoms with Crippen LogP contribution in [0.2, 0.25) is 0 Å². The summed E-state index contributed by atoms with van der Waals surface area (Å²) in [5.41, 5.74) is 0.340. The van der Waals surface area contributed by atoms with Crippen LogP contribution in [0.3, 0.4) is 0 Å². The van der Waals surface area contributed by atoms with E-state index in [1.165, 1.54) is 18.2 Å². The predicted molar refractivity (Wildman–Crippen MR) is 86.9 cm³/mol. The molecule has 116 valence electrons. The number of hydrogen-bond acceptors (Lipinski definition) is 6. The molecule has 1 aromatic heterocycles. The van der Waals surface area contributed by atoms with Gasteiger partial charge in [-0.05, 0) is 48.0 Å². The maximum Gasteiger partial charge on any atom is 0.348 e. The van der Waals surface area contributed by atoms with Crippen LogP contribution in [0.4, 0.5) is 0 Å². The minimum Gasteiger partial charge on any atom is -0.490 e. The normalized spacial score (nSPS) is 11.0. The van der Waals surface area contributed by atoms with Crippen molar-refractivity contribution in [1.29, 1.82) is 5.26 Å². The van der Waals surface area contributed by atoms with E-state index in [1.54, 1.807) is 13.0 Å². The Kier molecular flexibility index (Phi) is 5.11. The van der Waals surface area contributed by atoms with Gasteiger partial charge in [0.25, 0.3) is 0 Å². The van der Waals surface area contributed by atoms with Crippen molar-refractivity contribution >= 4 is 37.4 Å². The summed E-state index contributed by atoms with van der Waals surface area (Å²) in [6, 6.07) is 8.10. The fourth-order valence-corrected chi connectivity index (χ4v) is 4.51. The van der Waals surface area contributed by atoms with E-state index >= 15 is 0 Å². The molecule has 2 aromatic rings. The highest BCUT2D eigenvalue weighted by Crippen LogP contribution is 2.39. The first-order valence-electron chi connectivity index (χ1n) is 6.24. The number of halogens is 1. The van der Waals surface area contributed by atoms with Crippen LogP contribution < -0.4 is 8.92 Å². The summed E-state index contributed by atoms with van der Waals surface area (Å²) in [6.45, 7) is 3.89. The van der Waals surface area contributed by atoms with Gasteiger partial charge < -0.3 is 8.92 Å². The number of thiophene rings is 1. The van der Waals surface area contributed by atoms with Gasteiger partial charge >= 0.3 is 10.1 Å². The molecule has 0 amide bonds. The van der Waals surface area contributed by atoms with E-state index in [9.17, 15) is 8.42 Å². The van der Waals surface area contributed by atoms with Gasteiger partial charge in [0.05, 0.1) is 22.7 Å². The number of nitriles is 1. The Morgan fingerprint density at radius 2 is 2.09 bits per heavy atom. The van der Waals surface area contributed by atoms with E-state index in [2.05, 4.69) is 15.9 Å². The summed E-state index contributed by atoms with van der Waals surface area (Å²) in [7, 11) is -3.95. The fourth-order valence-electron chi connectivity index (χ4n) is 1.67. The Hall–Kier alpha value is -1.56. The van der Waals surface area contributed by atoms with Gasteiger partial charge in [0, 0.05) is 10.9 Å². The maximum atomic E-state index is 12.3. The zero-order chi connectivity index (χ0) is 16.3. The molecule has 0 saturated heterocycles. The highest BCUT2D eigenvalue weighted by atomic mass is 79.9. The van der Waals surface area contributed by atoms with Gasteiger partial charge in [0.1, 0.15) is 0 Å². The Morgan fingerprint density at radius 1 is 1.36 bits per heavy atom. The molecule has 0 spiro atoms. The van der Waals surface area contributed by atoms with Gasteiger partial charge in [-0.3, -0.25) is 0 Å². The maximum absolute atomic E-state index is 12.3. The highest BCUT2D eigenvalue weighted by molar-refractivity contribution is 9.10. The molecule has 0 unspecified atom stereocenters. The number of ether oxygens (including phenoxy) is 1. The van der Waals surface area contributed by atoms with Crippen molar-refractivity contribution in [2.45, 2.75) is 18.1 Å². The lowest BCUT2D eigenvalue weighted by Crippen LogP contribution is -2.10. The van der Waals surface area contributed by atoms with Crippen molar-refractivity contribution < 1.29 is 17.3 Å². The standard InChI is InChI=1S/C14H12BrNO4S2/c1-3-19-12-7-10(8-16)6-11(15)14(12)20-22(17,18)13-5-4-9(2)21-13/h4-7H,3H2,1-2H3. The number of nitrogens with zero attached hydrogens (tertiary/aromatic N) is 1. The minimum absolute atomic E-state index is 0.0342. The Labute approximate surface area is 141 Å². The second-order valence-corrected chi connectivity index (χ2v) is 8.15. The Morgan fingerprint density at radius 3 is 2.64 bits per heavy atom. The Bertz CT molecular complexity index is 837. The molecule has 0 bridgehead atoms. The Balaban J connectivity index is 2.47. The molecule has 0 N–H and O–H groups in total. The zero-order valence-corrected chi connectivity index (χ0v) is 15.0. The average Bonchev–Trinajstić information content (AvgIpc) is 2.90. The van der Waals surface area contributed by atoms with Crippen LogP contribution in [0.15, 0.2) is 32.9 Å². The molecule has 0 aliphatic carbocycles. The number of benzene rings is 1. The highest BCUT2D eigenvalue weighted by Gasteiger charge is 2.23. The molecular formula is C14H12BrNO4S2. The van der Waals surface area contributed by atoms with E-state index in [0.29, 0.717) is 16.6 Å². The van der Waals surface area contributed by atoms with Gasteiger partial charge in [-0.2, -0.15) is 13.7 Å². The van der Waals surface area contributed by atoms with Gasteiger partial charge in [-0.1, -0.05) is 0 Å². The van der Waals surface area contributed by atoms with Gasteiger partial charge in [-0.25, -0.2) is 0 Å². The quantitative estimate of drug-likeness (QED) is 0.710. The number of aryl methyl sites for hydroxylation is 1. The van der Waals surface area contributed by atoms with Crippen molar-refractivity contribution in [1.82, 2.24) is 0 Å². The van der Waals surface area contributed by atoms with Crippen molar-refractivity contribution in [2.24, 2.45) is 0 Å². The van der Waals surface area contributed by atoms with Crippen molar-refractivity contribution in [2.75, 3.05) is 6.61 Å². The molecule has 2 rings (SSSR count). The predicted octanol–water partition coefficient (Wildman–Crippen LogP) is 3.86. The van der Waals surface area contributed by atoms with E-state index in [-0.39, 0.29) is 15.7 Å². The van der Waals surface area contributed by atoms with Crippen LogP contribution in [0.5, 0.6) is 11.5 Å². The van der Waals surface area contributed by atoms with Crippen LogP contribution in [0, 0.1) is 18.3 Å². The molecule has 22 heavy (non-hydrogen) atoms. The van der Waals surface area contributed by atoms with Crippen molar-refractivity contribution in [3.05, 3.63) is 39.2 Å². The van der Waals surface area contributed by atoms with Gasteiger partial charge in [0.15, 0.2) is 15.7 Å². The molecule has 1 aromatic carbocycles. The smallest absolute Gasteiger partial charge is 0.348 e. The van der Waals surface area contributed by atoms with Crippen molar-refractivity contribution in [3.63, 3.8) is 0 Å². The lowest BCUT2D eigenvalue weighted by Gasteiger charge is -2.13. The first-order chi connectivity index (χ1) is 10.4. The fraction of sp³-hybridized carbons (Fsp3) is 0.214. The second kappa shape index (κ2) is 6.69. The van der Waals surface area contributed by atoms with E-state index in [4.69, 9.17) is 14.2 Å². The molecule has 1 heterocycles. The van der Waals surface area contributed by atoms with Gasteiger partial charge in [-0.15, -0.1) is 11.3 Å². The lowest BCUT2D eigenvalue weighted by atomic mass is 10.2. The largest absolute Gasteiger partial charge is 0.490 e. The second-order valence-electron chi connectivity index (χ2n) is 4.23. The molecule has 0 atom stereocenters. The first kappa shape index (κ1) is 16.8. The molecule has 0 radical (unpaired) electrons. The monoisotopic (exact) mass is 401 g/mol. The topological polar surface area (TPSA) is 76.4 Å². The summed E-state index contributed by atoms with van der Waals surface area (Å²) in [5, 5.41) is 8.98. The van der Waals surface area contributed by atoms with Gasteiger partial charge in [0.2, 0.25) is 0 Å². The zero-order valence-electron chi connectivity index (χ0n) is 11.8. The number of hydrogen-bond donors (Lipinski definition) is 0. The van der Waals surface area contributed by atoms with Crippen LogP contribution in [-0.4, -0.2) is 15.0 Å². The minimum atomic E-state index is -3.95. The van der Waals surface area contributed by atoms with E-state index in [0.717, 1.165) is 16.2 Å². The molecular weight excluding hydrogens is 390 g/mol. The lowest BCUT2D eigenvalue weighted by molar-refractivity contribution is 0.327. The molecule has 0 saturated carbocycles. The van der Waals surface area contributed by atoms with E-state index in [1.807, 2.05) is 13.0 Å². The average molecular weight is 402 g/mol. The third-order valence-corrected chi connectivity index (χ3v) is 5.86. The SMILES string of the molecule is CCOc1cc(C#N)cc(Br)c1OS(=O)(=O)c1ccc(C)s1. The third-order valence-electron chi connectivity index (χ3n) is 2.59. The molecule has 0 aliphatic rings. The molecule has 0 fully saturated rings. The molecule has 0 aliphatic heterocycles. The summed E-state index contributed by atoms with van der Waals surface area (Å²) in [4.78, 5) is 0.867. The molecule has 8 heteroatoms. The van der Waals surface area contributed by atoms with Crippen molar-refractivity contribution in [3.8, 4) is 17.6 Å². The third kappa shape index (κ3) is 3.61. The molecule has 5 nitrogen and oxygen atoms in total. The summed E-state index contributed by atoms with van der Waals surface area (Å²) >= 11 is 4.35. The summed E-state index contributed by atoms with van der Waals surface area (Å²) < 4.78 is 35.7. The van der Waals surface area contributed by atoms with E-state index < -0.39 is 10.1 Å². The van der Waals surface area contributed by atoms with Crippen LogP contribution >= 0.6 is 27.3 Å². The number of rotatable bonds is 5. The summed E-state index contributed by atoms with van der Waals surface area (Å²) in [6.07, 6.45) is 0. The van der Waals surface area contributed by atoms with Crippen LogP contribution in [0.25, 0.3) is 0 Å². The van der Waals surface area contributed by atoms with Crippen LogP contribution in [-0.2, 0) is 10.1 Å². The first-order valence-corrected chi connectivity index (χ1v) is 9.26.